The second-order valence-corrected chi connectivity index (χ2v) is 12.0. The molecule has 7 atom stereocenters. The summed E-state index contributed by atoms with van der Waals surface area (Å²) in [6, 6.07) is 0. The van der Waals surface area contributed by atoms with E-state index < -0.39 is 0 Å². The highest BCUT2D eigenvalue weighted by molar-refractivity contribution is 5.50. The molecule has 0 aromatic carbocycles. The largest absolute Gasteiger partial charge is 0.353 e. The third-order valence-corrected chi connectivity index (χ3v) is 10.1. The SMILES string of the molecule is CC#C[C@H](C)[C@H]1CC=C2C3=C(CC[C@@]21C)[C@@]1(C)CC[C@H](OC(C)OCC)C(C)(C)[C@@H]1CC3. The first-order chi connectivity index (χ1) is 15.1. The van der Waals surface area contributed by atoms with Crippen molar-refractivity contribution in [1.82, 2.24) is 0 Å². The Labute approximate surface area is 197 Å². The highest BCUT2D eigenvalue weighted by Gasteiger charge is 2.58. The van der Waals surface area contributed by atoms with Crippen LogP contribution in [0.25, 0.3) is 0 Å². The van der Waals surface area contributed by atoms with E-state index in [9.17, 15) is 0 Å². The Morgan fingerprint density at radius 2 is 1.81 bits per heavy atom. The molecule has 178 valence electrons. The van der Waals surface area contributed by atoms with Gasteiger partial charge >= 0.3 is 0 Å². The van der Waals surface area contributed by atoms with E-state index in [4.69, 9.17) is 9.47 Å². The number of ether oxygens (including phenoxy) is 2. The van der Waals surface area contributed by atoms with Crippen molar-refractivity contribution in [3.8, 4) is 11.8 Å². The maximum absolute atomic E-state index is 6.46. The van der Waals surface area contributed by atoms with Crippen LogP contribution in [0.15, 0.2) is 22.8 Å². The molecule has 1 saturated carbocycles. The molecule has 0 aromatic rings. The lowest BCUT2D eigenvalue weighted by atomic mass is 9.46. The van der Waals surface area contributed by atoms with Gasteiger partial charge in [0, 0.05) is 12.5 Å². The zero-order valence-electron chi connectivity index (χ0n) is 21.9. The molecule has 0 N–H and O–H groups in total. The van der Waals surface area contributed by atoms with Crippen LogP contribution in [0, 0.1) is 45.8 Å². The van der Waals surface area contributed by atoms with Gasteiger partial charge in [-0.25, -0.2) is 0 Å². The topological polar surface area (TPSA) is 18.5 Å². The number of fused-ring (bicyclic) bond motifs is 4. The molecule has 0 amide bonds. The summed E-state index contributed by atoms with van der Waals surface area (Å²) in [5.41, 5.74) is 6.03. The first-order valence-electron chi connectivity index (χ1n) is 13.2. The van der Waals surface area contributed by atoms with Gasteiger partial charge in [0.05, 0.1) is 6.10 Å². The molecule has 1 fully saturated rings. The lowest BCUT2D eigenvalue weighted by Crippen LogP contribution is -2.54. The molecule has 2 heteroatoms. The van der Waals surface area contributed by atoms with Crippen molar-refractivity contribution in [2.75, 3.05) is 6.61 Å². The van der Waals surface area contributed by atoms with E-state index in [2.05, 4.69) is 59.5 Å². The van der Waals surface area contributed by atoms with Crippen LogP contribution in [-0.4, -0.2) is 19.0 Å². The second kappa shape index (κ2) is 8.63. The van der Waals surface area contributed by atoms with E-state index in [1.165, 1.54) is 38.5 Å². The highest BCUT2D eigenvalue weighted by Crippen LogP contribution is 2.66. The predicted octanol–water partition coefficient (Wildman–Crippen LogP) is 7.69. The van der Waals surface area contributed by atoms with Crippen LogP contribution in [0.1, 0.15) is 100 Å². The zero-order chi connectivity index (χ0) is 23.3. The molecule has 4 aliphatic rings. The van der Waals surface area contributed by atoms with Gasteiger partial charge in [-0.05, 0) is 105 Å². The Kier molecular flexibility index (Phi) is 6.50. The summed E-state index contributed by atoms with van der Waals surface area (Å²) in [5, 5.41) is 0. The molecule has 4 rings (SSSR count). The molecule has 2 nitrogen and oxygen atoms in total. The molecule has 0 saturated heterocycles. The van der Waals surface area contributed by atoms with E-state index in [1.807, 2.05) is 13.8 Å². The summed E-state index contributed by atoms with van der Waals surface area (Å²) in [6.45, 7) is 19.2. The van der Waals surface area contributed by atoms with Crippen LogP contribution in [0.3, 0.4) is 0 Å². The van der Waals surface area contributed by atoms with Gasteiger partial charge in [0.2, 0.25) is 0 Å². The summed E-state index contributed by atoms with van der Waals surface area (Å²) in [6.07, 6.45) is 11.5. The van der Waals surface area contributed by atoms with Crippen molar-refractivity contribution in [1.29, 1.82) is 0 Å². The maximum Gasteiger partial charge on any atom is 0.155 e. The highest BCUT2D eigenvalue weighted by atomic mass is 16.7. The maximum atomic E-state index is 6.46. The minimum atomic E-state index is -0.115. The molecule has 1 unspecified atom stereocenters. The summed E-state index contributed by atoms with van der Waals surface area (Å²) in [7, 11) is 0. The Bertz CT molecular complexity index is 852. The number of hydrogen-bond donors (Lipinski definition) is 0. The average Bonchev–Trinajstić information content (AvgIpc) is 3.08. The van der Waals surface area contributed by atoms with Gasteiger partial charge in [-0.2, -0.15) is 0 Å². The van der Waals surface area contributed by atoms with Crippen LogP contribution in [0.5, 0.6) is 0 Å². The molecule has 0 aromatic heterocycles. The Balaban J connectivity index is 1.62. The van der Waals surface area contributed by atoms with Crippen molar-refractivity contribution < 1.29 is 9.47 Å². The third-order valence-electron chi connectivity index (χ3n) is 10.1. The van der Waals surface area contributed by atoms with Crippen LogP contribution in [0.2, 0.25) is 0 Å². The lowest BCUT2D eigenvalue weighted by molar-refractivity contribution is -0.214. The minimum absolute atomic E-state index is 0.115. The van der Waals surface area contributed by atoms with Gasteiger partial charge in [-0.15, -0.1) is 11.8 Å². The zero-order valence-corrected chi connectivity index (χ0v) is 21.9. The van der Waals surface area contributed by atoms with E-state index >= 15 is 0 Å². The average molecular weight is 439 g/mol. The van der Waals surface area contributed by atoms with Crippen LogP contribution in [0.4, 0.5) is 0 Å². The molecule has 0 aliphatic heterocycles. The normalized spacial score (nSPS) is 39.8. The fourth-order valence-electron chi connectivity index (χ4n) is 8.54. The smallest absolute Gasteiger partial charge is 0.155 e. The molecule has 4 aliphatic carbocycles. The van der Waals surface area contributed by atoms with Gasteiger partial charge in [0.15, 0.2) is 6.29 Å². The van der Waals surface area contributed by atoms with Crippen molar-refractivity contribution in [2.24, 2.45) is 34.0 Å². The molecule has 0 bridgehead atoms. The quantitative estimate of drug-likeness (QED) is 0.323. The van der Waals surface area contributed by atoms with E-state index in [1.54, 1.807) is 16.7 Å². The van der Waals surface area contributed by atoms with Crippen LogP contribution >= 0.6 is 0 Å². The molecular formula is C30H46O2. The van der Waals surface area contributed by atoms with Crippen molar-refractivity contribution in [3.05, 3.63) is 22.8 Å². The van der Waals surface area contributed by atoms with Crippen molar-refractivity contribution in [3.63, 3.8) is 0 Å². The molecule has 0 heterocycles. The van der Waals surface area contributed by atoms with E-state index in [0.717, 1.165) is 6.42 Å². The Morgan fingerprint density at radius 1 is 1.06 bits per heavy atom. The predicted molar refractivity (Wildman–Crippen MR) is 133 cm³/mol. The molecule has 0 radical (unpaired) electrons. The summed E-state index contributed by atoms with van der Waals surface area (Å²) in [4.78, 5) is 0. The number of rotatable bonds is 5. The van der Waals surface area contributed by atoms with Crippen molar-refractivity contribution >= 4 is 0 Å². The third kappa shape index (κ3) is 3.63. The summed E-state index contributed by atoms with van der Waals surface area (Å²) in [5.74, 6) is 8.50. The summed E-state index contributed by atoms with van der Waals surface area (Å²) >= 11 is 0. The van der Waals surface area contributed by atoms with Gasteiger partial charge < -0.3 is 9.47 Å². The lowest BCUT2D eigenvalue weighted by Gasteiger charge is -2.60. The van der Waals surface area contributed by atoms with Crippen LogP contribution < -0.4 is 0 Å². The molecule has 32 heavy (non-hydrogen) atoms. The van der Waals surface area contributed by atoms with E-state index in [-0.39, 0.29) is 17.8 Å². The number of allylic oxidation sites excluding steroid dienone is 4. The standard InChI is InChI=1S/C30H46O2/c1-9-11-20(3)23-13-14-24-22-12-15-26-28(5,6)27(32-21(4)31-10-2)17-19-30(26,8)25(22)16-18-29(23,24)7/h14,20-21,23,26-27H,10,12-13,15-19H2,1-8H3/t20-,21?,23+,26-,27-,29+,30+/m0/s1. The first kappa shape index (κ1) is 24.1. The fourth-order valence-corrected chi connectivity index (χ4v) is 8.54. The summed E-state index contributed by atoms with van der Waals surface area (Å²) < 4.78 is 12.2. The van der Waals surface area contributed by atoms with Gasteiger partial charge in [0.25, 0.3) is 0 Å². The monoisotopic (exact) mass is 438 g/mol. The van der Waals surface area contributed by atoms with Crippen molar-refractivity contribution in [2.45, 2.75) is 113 Å². The van der Waals surface area contributed by atoms with Gasteiger partial charge in [-0.3, -0.25) is 0 Å². The second-order valence-electron chi connectivity index (χ2n) is 12.0. The first-order valence-corrected chi connectivity index (χ1v) is 13.2. The van der Waals surface area contributed by atoms with Gasteiger partial charge in [0.1, 0.15) is 0 Å². The van der Waals surface area contributed by atoms with Crippen LogP contribution in [-0.2, 0) is 9.47 Å². The minimum Gasteiger partial charge on any atom is -0.353 e. The van der Waals surface area contributed by atoms with E-state index in [0.29, 0.717) is 35.2 Å². The Hall–Kier alpha value is -1.04. The Morgan fingerprint density at radius 3 is 2.50 bits per heavy atom. The number of hydrogen-bond acceptors (Lipinski definition) is 2. The molecular weight excluding hydrogens is 392 g/mol. The van der Waals surface area contributed by atoms with Gasteiger partial charge in [-0.1, -0.05) is 46.3 Å². The molecule has 0 spiro atoms. The fraction of sp³-hybridized carbons (Fsp3) is 0.800.